The highest BCUT2D eigenvalue weighted by molar-refractivity contribution is 5.85. The Morgan fingerprint density at radius 1 is 1.31 bits per heavy atom. The summed E-state index contributed by atoms with van der Waals surface area (Å²) in [5.41, 5.74) is -3.08. The van der Waals surface area contributed by atoms with Crippen molar-refractivity contribution in [3.8, 4) is 17.3 Å². The summed E-state index contributed by atoms with van der Waals surface area (Å²) in [4.78, 5) is 17.6. The number of alkyl halides is 3. The number of aromatic nitrogens is 3. The fraction of sp³-hybridized carbons (Fsp3) is 0.619. The molecular weight excluding hydrogens is 429 g/mol. The van der Waals surface area contributed by atoms with Crippen molar-refractivity contribution in [2.45, 2.75) is 50.3 Å². The number of amides is 1. The van der Waals surface area contributed by atoms with Gasteiger partial charge in [0.1, 0.15) is 0 Å². The number of carbonyl (C=O) groups is 1. The van der Waals surface area contributed by atoms with Gasteiger partial charge in [-0.2, -0.15) is 13.2 Å². The number of hydrogen-bond acceptors (Lipinski definition) is 7. The third-order valence-electron chi connectivity index (χ3n) is 6.70. The van der Waals surface area contributed by atoms with Gasteiger partial charge < -0.3 is 19.2 Å². The first kappa shape index (κ1) is 22.5. The number of likely N-dealkylation sites (tertiary alicyclic amines) is 1. The molecule has 2 aliphatic rings. The minimum Gasteiger partial charge on any atom is -0.481 e. The quantitative estimate of drug-likeness (QED) is 0.741. The zero-order chi connectivity index (χ0) is 23.3. The zero-order valence-electron chi connectivity index (χ0n) is 18.0. The highest BCUT2D eigenvalue weighted by Crippen LogP contribution is 2.58. The maximum absolute atomic E-state index is 13.1. The number of methoxy groups -OCH3 is 1. The Hall–Kier alpha value is -2.69. The predicted octanol–water partition coefficient (Wildman–Crippen LogP) is 2.97. The molecule has 32 heavy (non-hydrogen) atoms. The van der Waals surface area contributed by atoms with Crippen molar-refractivity contribution in [2.75, 3.05) is 20.2 Å². The summed E-state index contributed by atoms with van der Waals surface area (Å²) < 4.78 is 50.3. The summed E-state index contributed by atoms with van der Waals surface area (Å²) >= 11 is 0. The number of rotatable bonds is 5. The Kier molecular flexibility index (Phi) is 5.43. The molecule has 1 N–H and O–H groups in total. The Labute approximate surface area is 182 Å². The highest BCUT2D eigenvalue weighted by Gasteiger charge is 2.60. The average molecular weight is 454 g/mol. The van der Waals surface area contributed by atoms with Gasteiger partial charge >= 0.3 is 6.18 Å². The molecule has 1 saturated heterocycles. The summed E-state index contributed by atoms with van der Waals surface area (Å²) in [6, 6.07) is 3.46. The van der Waals surface area contributed by atoms with Gasteiger partial charge in [-0.3, -0.25) is 4.79 Å². The van der Waals surface area contributed by atoms with Crippen LogP contribution in [0.4, 0.5) is 13.2 Å². The van der Waals surface area contributed by atoms with Crippen LogP contribution in [0.2, 0.25) is 0 Å². The van der Waals surface area contributed by atoms with Crippen molar-refractivity contribution in [3.63, 3.8) is 0 Å². The van der Waals surface area contributed by atoms with Crippen LogP contribution in [-0.4, -0.2) is 63.1 Å². The van der Waals surface area contributed by atoms with Gasteiger partial charge in [0.25, 0.3) is 5.91 Å². The van der Waals surface area contributed by atoms with Crippen molar-refractivity contribution in [2.24, 2.45) is 11.8 Å². The third kappa shape index (κ3) is 3.72. The van der Waals surface area contributed by atoms with Crippen LogP contribution in [0.3, 0.4) is 0 Å². The molecule has 174 valence electrons. The summed E-state index contributed by atoms with van der Waals surface area (Å²) in [6.07, 6.45) is -1.30. The van der Waals surface area contributed by atoms with E-state index in [1.54, 1.807) is 18.3 Å². The van der Waals surface area contributed by atoms with Crippen LogP contribution in [0, 0.1) is 11.8 Å². The van der Waals surface area contributed by atoms with Crippen molar-refractivity contribution in [1.82, 2.24) is 20.1 Å². The Morgan fingerprint density at radius 2 is 2.03 bits per heavy atom. The number of nitrogens with zero attached hydrogens (tertiary/aromatic N) is 4. The van der Waals surface area contributed by atoms with Crippen molar-refractivity contribution in [3.05, 3.63) is 24.2 Å². The molecule has 8 nitrogen and oxygen atoms in total. The molecule has 4 rings (SSSR count). The summed E-state index contributed by atoms with van der Waals surface area (Å²) in [5.74, 6) is -0.0360. The van der Waals surface area contributed by atoms with Crippen LogP contribution in [0.15, 0.2) is 22.7 Å². The van der Waals surface area contributed by atoms with E-state index < -0.39 is 17.7 Å². The number of hydrogen-bond donors (Lipinski definition) is 1. The Morgan fingerprint density at radius 3 is 2.56 bits per heavy atom. The molecule has 3 atom stereocenters. The first-order valence-corrected chi connectivity index (χ1v) is 10.4. The molecule has 3 heterocycles. The SMILES string of the molecule is COc1ccc(-c2nnc(C3([C@@H]4CCN(C(=O)[C@@](C)(O)C(F)(F)F)C[C@@H]4C)CC3)o2)cn1. The average Bonchev–Trinajstić information content (AvgIpc) is 3.40. The summed E-state index contributed by atoms with van der Waals surface area (Å²) in [6.45, 7) is 2.66. The van der Waals surface area contributed by atoms with Crippen LogP contribution in [0.1, 0.15) is 39.0 Å². The van der Waals surface area contributed by atoms with Gasteiger partial charge in [0, 0.05) is 25.4 Å². The minimum absolute atomic E-state index is 0.0738. The molecule has 0 aromatic carbocycles. The number of piperidine rings is 1. The van der Waals surface area contributed by atoms with E-state index in [0.29, 0.717) is 36.6 Å². The number of carbonyl (C=O) groups excluding carboxylic acids is 1. The summed E-state index contributed by atoms with van der Waals surface area (Å²) in [5, 5.41) is 18.2. The second-order valence-electron chi connectivity index (χ2n) is 8.85. The molecule has 2 aromatic rings. The standard InChI is InChI=1S/C21H25F3N4O4/c1-12-11-28(18(29)19(2,30)21(22,23)24)9-6-14(12)20(7-8-20)17-27-26-16(32-17)13-4-5-15(31-3)25-10-13/h4-5,10,12,14,30H,6-9,11H2,1-3H3/t12-,14+,19+/m0/s1. The van der Waals surface area contributed by atoms with E-state index in [1.807, 2.05) is 6.92 Å². The molecule has 0 spiro atoms. The van der Waals surface area contributed by atoms with Gasteiger partial charge in [-0.05, 0) is 44.1 Å². The second-order valence-corrected chi connectivity index (χ2v) is 8.85. The molecule has 1 aliphatic carbocycles. The molecule has 0 unspecified atom stereocenters. The number of ether oxygens (including phenoxy) is 1. The molecule has 2 fully saturated rings. The van der Waals surface area contributed by atoms with Gasteiger partial charge in [0.15, 0.2) is 0 Å². The van der Waals surface area contributed by atoms with E-state index in [1.165, 1.54) is 7.11 Å². The van der Waals surface area contributed by atoms with Crippen molar-refractivity contribution >= 4 is 5.91 Å². The van der Waals surface area contributed by atoms with Gasteiger partial charge in [0.05, 0.1) is 18.1 Å². The number of pyridine rings is 1. The highest BCUT2D eigenvalue weighted by atomic mass is 19.4. The Balaban J connectivity index is 1.48. The topological polar surface area (TPSA) is 102 Å². The zero-order valence-corrected chi connectivity index (χ0v) is 18.0. The molecule has 0 radical (unpaired) electrons. The first-order chi connectivity index (χ1) is 15.0. The molecule has 1 saturated carbocycles. The number of aliphatic hydroxyl groups is 1. The fourth-order valence-electron chi connectivity index (χ4n) is 4.63. The van der Waals surface area contributed by atoms with Gasteiger partial charge in [-0.1, -0.05) is 6.92 Å². The van der Waals surface area contributed by atoms with Crippen LogP contribution >= 0.6 is 0 Å². The van der Waals surface area contributed by atoms with E-state index in [-0.39, 0.29) is 30.3 Å². The molecule has 1 aliphatic heterocycles. The lowest BCUT2D eigenvalue weighted by Crippen LogP contribution is -2.58. The Bertz CT molecular complexity index is 986. The summed E-state index contributed by atoms with van der Waals surface area (Å²) in [7, 11) is 1.52. The van der Waals surface area contributed by atoms with Gasteiger partial charge in [-0.25, -0.2) is 4.98 Å². The van der Waals surface area contributed by atoms with Gasteiger partial charge in [-0.15, -0.1) is 10.2 Å². The monoisotopic (exact) mass is 454 g/mol. The lowest BCUT2D eigenvalue weighted by atomic mass is 9.74. The van der Waals surface area contributed by atoms with E-state index in [4.69, 9.17) is 9.15 Å². The number of halogens is 3. The predicted molar refractivity (Wildman–Crippen MR) is 106 cm³/mol. The largest absolute Gasteiger partial charge is 0.481 e. The lowest BCUT2D eigenvalue weighted by molar-refractivity contribution is -0.251. The fourth-order valence-corrected chi connectivity index (χ4v) is 4.63. The van der Waals surface area contributed by atoms with Crippen LogP contribution in [0.25, 0.3) is 11.5 Å². The van der Waals surface area contributed by atoms with Crippen molar-refractivity contribution < 1.29 is 32.2 Å². The molecule has 2 aromatic heterocycles. The molecule has 1 amide bonds. The smallest absolute Gasteiger partial charge is 0.426 e. The van der Waals surface area contributed by atoms with Crippen LogP contribution in [-0.2, 0) is 10.2 Å². The van der Waals surface area contributed by atoms with E-state index >= 15 is 0 Å². The molecule has 0 bridgehead atoms. The minimum atomic E-state index is -5.03. The second kappa shape index (κ2) is 7.72. The van der Waals surface area contributed by atoms with Crippen molar-refractivity contribution in [1.29, 1.82) is 0 Å². The lowest BCUT2D eigenvalue weighted by Gasteiger charge is -2.42. The van der Waals surface area contributed by atoms with Crippen LogP contribution < -0.4 is 4.74 Å². The molecule has 11 heteroatoms. The third-order valence-corrected chi connectivity index (χ3v) is 6.70. The maximum Gasteiger partial charge on any atom is 0.426 e. The first-order valence-electron chi connectivity index (χ1n) is 10.4. The van der Waals surface area contributed by atoms with Gasteiger partial charge in [0.2, 0.25) is 23.3 Å². The van der Waals surface area contributed by atoms with E-state index in [2.05, 4.69) is 15.2 Å². The normalized spacial score (nSPS) is 24.7. The molecular formula is C21H25F3N4O4. The van der Waals surface area contributed by atoms with E-state index in [0.717, 1.165) is 17.7 Å². The van der Waals surface area contributed by atoms with E-state index in [9.17, 15) is 23.1 Å². The van der Waals surface area contributed by atoms with Crippen LogP contribution in [0.5, 0.6) is 5.88 Å². The maximum atomic E-state index is 13.1.